The van der Waals surface area contributed by atoms with E-state index in [2.05, 4.69) is 56.4 Å². The van der Waals surface area contributed by atoms with Crippen molar-refractivity contribution < 1.29 is 9.53 Å². The Hall–Kier alpha value is -1.21. The number of thiophene rings is 2. The number of carbonyl (C=O) groups excluding carboxylic acids is 1. The van der Waals surface area contributed by atoms with E-state index in [1.54, 1.807) is 41.7 Å². The average Bonchev–Trinajstić information content (AvgIpc) is 3.43. The summed E-state index contributed by atoms with van der Waals surface area (Å²) in [7, 11) is 3.49. The number of likely N-dealkylation sites (N-methyl/N-ethyl adjacent to an activating group) is 1. The van der Waals surface area contributed by atoms with Crippen LogP contribution in [0.1, 0.15) is 22.7 Å². The fraction of sp³-hybridized carbons (Fsp3) is 0.524. The maximum Gasteiger partial charge on any atom is 0.243 e. The van der Waals surface area contributed by atoms with Crippen LogP contribution in [0.25, 0.3) is 0 Å². The van der Waals surface area contributed by atoms with Gasteiger partial charge in [-0.2, -0.15) is 0 Å². The van der Waals surface area contributed by atoms with Crippen LogP contribution in [0.15, 0.2) is 40.0 Å². The second-order valence-corrected chi connectivity index (χ2v) is 9.49. The van der Waals surface area contributed by atoms with Gasteiger partial charge in [0, 0.05) is 43.5 Å². The van der Waals surface area contributed by atoms with Crippen molar-refractivity contribution >= 4 is 58.5 Å². The van der Waals surface area contributed by atoms with E-state index < -0.39 is 0 Å². The minimum absolute atomic E-state index is 0. The van der Waals surface area contributed by atoms with E-state index in [0.717, 1.165) is 19.7 Å². The van der Waals surface area contributed by atoms with Crippen molar-refractivity contribution in [2.45, 2.75) is 25.6 Å². The van der Waals surface area contributed by atoms with Crippen molar-refractivity contribution in [3.05, 3.63) is 44.8 Å². The molecule has 0 spiro atoms. The first-order chi connectivity index (χ1) is 14.5. The second kappa shape index (κ2) is 13.4. The number of amides is 1. The van der Waals surface area contributed by atoms with Crippen LogP contribution in [-0.4, -0.2) is 74.7 Å². The first kappa shape index (κ1) is 26.0. The summed E-state index contributed by atoms with van der Waals surface area (Å²) in [5.74, 6) is 0.630. The van der Waals surface area contributed by atoms with Gasteiger partial charge in [0.1, 0.15) is 6.54 Å². The minimum atomic E-state index is -0.0240. The second-order valence-electron chi connectivity index (χ2n) is 7.47. The van der Waals surface area contributed by atoms with Crippen LogP contribution in [0.3, 0.4) is 0 Å². The Morgan fingerprint density at radius 3 is 2.71 bits per heavy atom. The van der Waals surface area contributed by atoms with Crippen molar-refractivity contribution in [3.8, 4) is 0 Å². The van der Waals surface area contributed by atoms with Gasteiger partial charge in [0.15, 0.2) is 5.96 Å². The zero-order valence-corrected chi connectivity index (χ0v) is 22.2. The minimum Gasteiger partial charge on any atom is -0.376 e. The van der Waals surface area contributed by atoms with Crippen LogP contribution in [-0.2, 0) is 16.1 Å². The Balaban J connectivity index is 0.00000341. The zero-order chi connectivity index (χ0) is 21.3. The van der Waals surface area contributed by atoms with Crippen LogP contribution in [0, 0.1) is 0 Å². The topological polar surface area (TPSA) is 69.2 Å². The first-order valence-corrected chi connectivity index (χ1v) is 11.9. The normalized spacial score (nSPS) is 18.2. The van der Waals surface area contributed by atoms with Crippen molar-refractivity contribution in [3.63, 3.8) is 0 Å². The highest BCUT2D eigenvalue weighted by atomic mass is 127. The maximum atomic E-state index is 12.0. The van der Waals surface area contributed by atoms with Gasteiger partial charge in [-0.15, -0.1) is 46.7 Å². The van der Waals surface area contributed by atoms with Gasteiger partial charge in [0.25, 0.3) is 0 Å². The average molecular weight is 578 g/mol. The Kier molecular flexibility index (Phi) is 11.2. The Labute approximate surface area is 209 Å². The number of hydrogen-bond acceptors (Lipinski definition) is 6. The standard InChI is InChI=1S/C21H31N5O2S2.HI/c1-16-15-26(8-9-28-16)18(19-7-5-11-30-19)13-23-21(24-14-20(27)25(2)3)22-12-17-6-4-10-29-17;/h4-7,10-11,16,18H,8-9,12-15H2,1-3H3,(H2,22,23,24);1H. The molecular formula is C21H32IN5O2S2. The number of halogens is 1. The third-order valence-electron chi connectivity index (χ3n) is 4.93. The number of morpholine rings is 1. The summed E-state index contributed by atoms with van der Waals surface area (Å²) in [6.07, 6.45) is 0.226. The van der Waals surface area contributed by atoms with Gasteiger partial charge in [0.05, 0.1) is 25.3 Å². The number of aliphatic imine (C=N–C) groups is 1. The van der Waals surface area contributed by atoms with E-state index in [-0.39, 0.29) is 48.6 Å². The molecule has 0 saturated carbocycles. The van der Waals surface area contributed by atoms with Crippen molar-refractivity contribution in [1.29, 1.82) is 0 Å². The summed E-state index contributed by atoms with van der Waals surface area (Å²) < 4.78 is 5.73. The number of hydrogen-bond donors (Lipinski definition) is 2. The predicted octanol–water partition coefficient (Wildman–Crippen LogP) is 3.01. The molecule has 0 bridgehead atoms. The Bertz CT molecular complexity index is 799. The quantitative estimate of drug-likeness (QED) is 0.287. The summed E-state index contributed by atoms with van der Waals surface area (Å²) in [5, 5.41) is 11.0. The molecule has 1 aliphatic rings. The lowest BCUT2D eigenvalue weighted by Crippen LogP contribution is -2.48. The smallest absolute Gasteiger partial charge is 0.243 e. The van der Waals surface area contributed by atoms with E-state index in [4.69, 9.17) is 4.74 Å². The third-order valence-corrected chi connectivity index (χ3v) is 6.78. The number of nitrogens with one attached hydrogen (secondary N) is 2. The van der Waals surface area contributed by atoms with Crippen LogP contribution in [0.5, 0.6) is 0 Å². The zero-order valence-electron chi connectivity index (χ0n) is 18.2. The molecule has 0 aromatic carbocycles. The van der Waals surface area contributed by atoms with Gasteiger partial charge in [-0.1, -0.05) is 12.1 Å². The number of rotatable bonds is 8. The molecule has 7 nitrogen and oxygen atoms in total. The fourth-order valence-electron chi connectivity index (χ4n) is 3.26. The van der Waals surface area contributed by atoms with E-state index in [1.165, 1.54) is 9.75 Å². The first-order valence-electron chi connectivity index (χ1n) is 10.2. The predicted molar refractivity (Wildman–Crippen MR) is 140 cm³/mol. The molecule has 1 fully saturated rings. The molecule has 172 valence electrons. The van der Waals surface area contributed by atoms with E-state index in [0.29, 0.717) is 19.0 Å². The lowest BCUT2D eigenvalue weighted by atomic mass is 10.1. The highest BCUT2D eigenvalue weighted by molar-refractivity contribution is 14.0. The summed E-state index contributed by atoms with van der Waals surface area (Å²) in [6, 6.07) is 8.63. The number of nitrogens with zero attached hydrogens (tertiary/aromatic N) is 3. The van der Waals surface area contributed by atoms with E-state index in [9.17, 15) is 4.79 Å². The van der Waals surface area contributed by atoms with Gasteiger partial charge in [-0.25, -0.2) is 4.99 Å². The number of guanidine groups is 1. The third kappa shape index (κ3) is 8.33. The van der Waals surface area contributed by atoms with Crippen molar-refractivity contribution in [2.75, 3.05) is 46.9 Å². The molecule has 2 aromatic rings. The molecule has 31 heavy (non-hydrogen) atoms. The van der Waals surface area contributed by atoms with Gasteiger partial charge < -0.3 is 20.3 Å². The summed E-state index contributed by atoms with van der Waals surface area (Å²) in [4.78, 5) is 23.1. The van der Waals surface area contributed by atoms with Crippen molar-refractivity contribution in [2.24, 2.45) is 4.99 Å². The molecule has 1 amide bonds. The number of carbonyl (C=O) groups is 1. The molecule has 2 aromatic heterocycles. The van der Waals surface area contributed by atoms with Crippen LogP contribution in [0.4, 0.5) is 0 Å². The molecule has 0 radical (unpaired) electrons. The van der Waals surface area contributed by atoms with Gasteiger partial charge in [-0.05, 0) is 29.8 Å². The Morgan fingerprint density at radius 1 is 1.29 bits per heavy atom. The van der Waals surface area contributed by atoms with Gasteiger partial charge >= 0.3 is 0 Å². The van der Waals surface area contributed by atoms with Crippen LogP contribution in [0.2, 0.25) is 0 Å². The monoisotopic (exact) mass is 577 g/mol. The molecule has 1 aliphatic heterocycles. The lowest BCUT2D eigenvalue weighted by molar-refractivity contribution is -0.127. The summed E-state index contributed by atoms with van der Waals surface area (Å²) in [5.41, 5.74) is 0. The summed E-state index contributed by atoms with van der Waals surface area (Å²) >= 11 is 3.47. The van der Waals surface area contributed by atoms with Crippen molar-refractivity contribution in [1.82, 2.24) is 20.4 Å². The highest BCUT2D eigenvalue weighted by Gasteiger charge is 2.26. The van der Waals surface area contributed by atoms with Crippen LogP contribution >= 0.6 is 46.7 Å². The van der Waals surface area contributed by atoms with E-state index in [1.807, 2.05) is 6.07 Å². The van der Waals surface area contributed by atoms with Gasteiger partial charge in [0.2, 0.25) is 5.91 Å². The molecule has 3 rings (SSSR count). The number of ether oxygens (including phenoxy) is 1. The molecular weight excluding hydrogens is 545 g/mol. The molecule has 2 unspecified atom stereocenters. The Morgan fingerprint density at radius 2 is 2.06 bits per heavy atom. The molecule has 2 N–H and O–H groups in total. The lowest BCUT2D eigenvalue weighted by Gasteiger charge is -2.37. The molecule has 0 aliphatic carbocycles. The largest absolute Gasteiger partial charge is 0.376 e. The SMILES string of the molecule is CC1CN(C(CNC(=NCC(=O)N(C)C)NCc2cccs2)c2cccs2)CCO1.I. The maximum absolute atomic E-state index is 12.0. The molecule has 10 heteroatoms. The van der Waals surface area contributed by atoms with Crippen LogP contribution < -0.4 is 10.6 Å². The van der Waals surface area contributed by atoms with E-state index >= 15 is 0 Å². The highest BCUT2D eigenvalue weighted by Crippen LogP contribution is 2.26. The fourth-order valence-corrected chi connectivity index (χ4v) is 4.76. The molecule has 3 heterocycles. The molecule has 1 saturated heterocycles. The molecule has 2 atom stereocenters. The summed E-state index contributed by atoms with van der Waals surface area (Å²) in [6.45, 7) is 6.18. The van der Waals surface area contributed by atoms with Gasteiger partial charge in [-0.3, -0.25) is 9.69 Å².